The number of hydrogen-bond acceptors (Lipinski definition) is 4. The van der Waals surface area contributed by atoms with Crippen LogP contribution in [0, 0.1) is 14.9 Å². The quantitative estimate of drug-likeness (QED) is 0.508. The zero-order valence-corrected chi connectivity index (χ0v) is 18.0. The van der Waals surface area contributed by atoms with Crippen LogP contribution in [0.3, 0.4) is 0 Å². The molecule has 0 bridgehead atoms. The van der Waals surface area contributed by atoms with Crippen LogP contribution in [-0.2, 0) is 17.9 Å². The fourth-order valence-corrected chi connectivity index (χ4v) is 4.02. The molecule has 1 amide bonds. The number of rotatable bonds is 5. The van der Waals surface area contributed by atoms with Gasteiger partial charge in [0.25, 0.3) is 0 Å². The summed E-state index contributed by atoms with van der Waals surface area (Å²) in [6.45, 7) is 3.19. The van der Waals surface area contributed by atoms with Gasteiger partial charge in [-0.1, -0.05) is 18.2 Å². The molecule has 7 heteroatoms. The molecule has 4 rings (SSSR count). The molecule has 1 aliphatic heterocycles. The summed E-state index contributed by atoms with van der Waals surface area (Å²) in [4.78, 5) is 21.2. The van der Waals surface area contributed by atoms with Gasteiger partial charge in [0, 0.05) is 41.3 Å². The molecule has 0 atom stereocenters. The van der Waals surface area contributed by atoms with Crippen LogP contribution >= 0.6 is 22.6 Å². The number of imidazole rings is 1. The van der Waals surface area contributed by atoms with Crippen molar-refractivity contribution in [1.29, 1.82) is 5.26 Å². The van der Waals surface area contributed by atoms with Gasteiger partial charge < -0.3 is 9.47 Å². The van der Waals surface area contributed by atoms with Crippen LogP contribution in [0.25, 0.3) is 0 Å². The summed E-state index contributed by atoms with van der Waals surface area (Å²) in [5.74, 6) is 1.05. The highest BCUT2D eigenvalue weighted by molar-refractivity contribution is 14.1. The van der Waals surface area contributed by atoms with E-state index in [1.165, 1.54) is 0 Å². The maximum Gasteiger partial charge on any atom is 0.241 e. The van der Waals surface area contributed by atoms with E-state index in [2.05, 4.69) is 43.1 Å². The lowest BCUT2D eigenvalue weighted by atomic mass is 10.1. The first-order chi connectivity index (χ1) is 14.1. The fourth-order valence-electron chi connectivity index (χ4n) is 3.49. The number of benzene rings is 2. The zero-order valence-electron chi connectivity index (χ0n) is 15.8. The minimum Gasteiger partial charge on any atom is -0.329 e. The number of anilines is 1. The van der Waals surface area contributed by atoms with Gasteiger partial charge >= 0.3 is 0 Å². The molecule has 1 aromatic heterocycles. The lowest BCUT2D eigenvalue weighted by molar-refractivity contribution is -0.121. The van der Waals surface area contributed by atoms with Crippen molar-refractivity contribution < 1.29 is 4.79 Å². The van der Waals surface area contributed by atoms with Crippen molar-refractivity contribution in [3.8, 4) is 6.07 Å². The number of nitrogens with zero attached hydrogens (tertiary/aromatic N) is 5. The van der Waals surface area contributed by atoms with E-state index in [-0.39, 0.29) is 5.91 Å². The average molecular weight is 497 g/mol. The number of aromatic nitrogens is 2. The minimum absolute atomic E-state index is 0.114. The third kappa shape index (κ3) is 4.66. The van der Waals surface area contributed by atoms with Crippen LogP contribution in [0.2, 0.25) is 0 Å². The van der Waals surface area contributed by atoms with Crippen LogP contribution in [-0.4, -0.2) is 40.0 Å². The molecule has 0 saturated carbocycles. The predicted molar refractivity (Wildman–Crippen MR) is 119 cm³/mol. The zero-order chi connectivity index (χ0) is 20.2. The highest BCUT2D eigenvalue weighted by atomic mass is 127. The van der Waals surface area contributed by atoms with Crippen LogP contribution in [0.4, 0.5) is 5.69 Å². The van der Waals surface area contributed by atoms with E-state index < -0.39 is 0 Å². The van der Waals surface area contributed by atoms with E-state index in [0.29, 0.717) is 31.7 Å². The second-order valence-corrected chi connectivity index (χ2v) is 8.26. The van der Waals surface area contributed by atoms with Crippen molar-refractivity contribution in [2.24, 2.45) is 0 Å². The lowest BCUT2D eigenvalue weighted by Gasteiger charge is -2.34. The Morgan fingerprint density at radius 2 is 1.93 bits per heavy atom. The summed E-state index contributed by atoms with van der Waals surface area (Å²) in [7, 11) is 0. The third-order valence-corrected chi connectivity index (χ3v) is 5.69. The van der Waals surface area contributed by atoms with Gasteiger partial charge in [0.1, 0.15) is 5.82 Å². The molecule has 0 radical (unpaired) electrons. The normalized spacial score (nSPS) is 14.8. The first-order valence-corrected chi connectivity index (χ1v) is 10.5. The van der Waals surface area contributed by atoms with Crippen LogP contribution in [0.15, 0.2) is 60.9 Å². The second-order valence-electron chi connectivity index (χ2n) is 7.02. The maximum atomic E-state index is 12.7. The van der Waals surface area contributed by atoms with Crippen molar-refractivity contribution in [2.75, 3.05) is 24.5 Å². The van der Waals surface area contributed by atoms with Gasteiger partial charge in [0.2, 0.25) is 5.91 Å². The van der Waals surface area contributed by atoms with E-state index in [1.807, 2.05) is 59.6 Å². The van der Waals surface area contributed by atoms with Crippen LogP contribution < -0.4 is 4.90 Å². The number of halogens is 1. The van der Waals surface area contributed by atoms with Crippen molar-refractivity contribution >= 4 is 34.2 Å². The Hall–Kier alpha value is -2.70. The largest absolute Gasteiger partial charge is 0.329 e. The van der Waals surface area contributed by atoms with E-state index >= 15 is 0 Å². The average Bonchev–Trinajstić information content (AvgIpc) is 3.15. The summed E-state index contributed by atoms with van der Waals surface area (Å²) in [6.07, 6.45) is 3.75. The highest BCUT2D eigenvalue weighted by Gasteiger charge is 2.26. The van der Waals surface area contributed by atoms with Gasteiger partial charge in [-0.3, -0.25) is 9.69 Å². The summed E-state index contributed by atoms with van der Waals surface area (Å²) in [5.41, 5.74) is 2.73. The summed E-state index contributed by atoms with van der Waals surface area (Å²) >= 11 is 2.27. The Morgan fingerprint density at radius 1 is 1.10 bits per heavy atom. The molecule has 0 spiro atoms. The number of nitriles is 1. The first-order valence-electron chi connectivity index (χ1n) is 9.40. The Labute approximate surface area is 183 Å². The molecule has 1 saturated heterocycles. The van der Waals surface area contributed by atoms with Crippen molar-refractivity contribution in [3.63, 3.8) is 0 Å². The monoisotopic (exact) mass is 497 g/mol. The van der Waals surface area contributed by atoms with Crippen molar-refractivity contribution in [1.82, 2.24) is 14.5 Å². The molecule has 1 aliphatic rings. The number of amides is 1. The molecule has 6 nitrogen and oxygen atoms in total. The minimum atomic E-state index is 0.114. The van der Waals surface area contributed by atoms with E-state index in [0.717, 1.165) is 27.2 Å². The molecule has 29 heavy (non-hydrogen) atoms. The molecule has 0 unspecified atom stereocenters. The van der Waals surface area contributed by atoms with Gasteiger partial charge in [0.15, 0.2) is 0 Å². The van der Waals surface area contributed by atoms with Gasteiger partial charge in [-0.05, 0) is 58.5 Å². The van der Waals surface area contributed by atoms with Gasteiger partial charge in [-0.2, -0.15) is 5.26 Å². The van der Waals surface area contributed by atoms with E-state index in [1.54, 1.807) is 6.20 Å². The van der Waals surface area contributed by atoms with Crippen LogP contribution in [0.5, 0.6) is 0 Å². The van der Waals surface area contributed by atoms with E-state index in [4.69, 9.17) is 5.26 Å². The number of carbonyl (C=O) groups excluding carboxylic acids is 1. The lowest BCUT2D eigenvalue weighted by Crippen LogP contribution is -2.50. The molecular weight excluding hydrogens is 477 g/mol. The number of carbonyl (C=O) groups is 1. The number of hydrogen-bond donors (Lipinski definition) is 0. The summed E-state index contributed by atoms with van der Waals surface area (Å²) < 4.78 is 3.22. The highest BCUT2D eigenvalue weighted by Crippen LogP contribution is 2.20. The molecule has 146 valence electrons. The van der Waals surface area contributed by atoms with E-state index in [9.17, 15) is 4.79 Å². The molecule has 1 fully saturated rings. The molecular formula is C22H20IN5O. The summed E-state index contributed by atoms with van der Waals surface area (Å²) in [6, 6.07) is 17.8. The predicted octanol–water partition coefficient (Wildman–Crippen LogP) is 3.26. The SMILES string of the molecule is N#Cc1ccc(Cn2ccnc2CN2CCN(c3cccc(I)c3)C(=O)C2)cc1. The van der Waals surface area contributed by atoms with Crippen molar-refractivity contribution in [3.05, 3.63) is 81.4 Å². The topological polar surface area (TPSA) is 65.2 Å². The molecule has 2 heterocycles. The third-order valence-electron chi connectivity index (χ3n) is 5.02. The molecule has 3 aromatic rings. The Bertz CT molecular complexity index is 1050. The number of piperazine rings is 1. The van der Waals surface area contributed by atoms with Gasteiger partial charge in [-0.25, -0.2) is 4.98 Å². The fraction of sp³-hybridized carbons (Fsp3) is 0.227. The molecule has 0 aliphatic carbocycles. The Kier molecular flexibility index (Phi) is 5.92. The van der Waals surface area contributed by atoms with Crippen molar-refractivity contribution in [2.45, 2.75) is 13.1 Å². The van der Waals surface area contributed by atoms with Gasteiger partial charge in [0.05, 0.1) is 24.7 Å². The Morgan fingerprint density at radius 3 is 2.66 bits per heavy atom. The molecule has 0 N–H and O–H groups in total. The molecule has 2 aromatic carbocycles. The standard InChI is InChI=1S/C22H20IN5O/c23-19-2-1-3-20(12-19)28-11-10-26(16-22(28)29)15-21-25-8-9-27(21)14-18-6-4-17(13-24)5-7-18/h1-9,12H,10-11,14-16H2. The second kappa shape index (κ2) is 8.76. The maximum absolute atomic E-state index is 12.7. The summed E-state index contributed by atoms with van der Waals surface area (Å²) in [5, 5.41) is 8.94. The first kappa shape index (κ1) is 19.6. The Balaban J connectivity index is 1.40. The van der Waals surface area contributed by atoms with Gasteiger partial charge in [-0.15, -0.1) is 0 Å². The smallest absolute Gasteiger partial charge is 0.241 e. The van der Waals surface area contributed by atoms with Crippen LogP contribution in [0.1, 0.15) is 17.0 Å².